The number of aliphatic hydroxyl groups is 1. The van der Waals surface area contributed by atoms with Gasteiger partial charge in [-0.15, -0.1) is 0 Å². The van der Waals surface area contributed by atoms with Gasteiger partial charge >= 0.3 is 0 Å². The lowest BCUT2D eigenvalue weighted by atomic mass is 9.66. The van der Waals surface area contributed by atoms with Crippen LogP contribution in [0.2, 0.25) is 0 Å². The van der Waals surface area contributed by atoms with Gasteiger partial charge < -0.3 is 25.4 Å². The SMILES string of the molecule is C[C@@]12CCC3(O1)C(C(=O)NC1CCCCC1)N([C@H](CO)c1ccccc1)C(=O)[C@@H]3[C@@H]2C(=O)NCc1ccccc1. The van der Waals surface area contributed by atoms with E-state index in [1.807, 2.05) is 67.6 Å². The van der Waals surface area contributed by atoms with Crippen LogP contribution in [0, 0.1) is 11.8 Å². The predicted octanol–water partition coefficient (Wildman–Crippen LogP) is 3.25. The molecule has 4 fully saturated rings. The molecule has 1 aliphatic carbocycles. The number of hydrogen-bond donors (Lipinski definition) is 3. The number of rotatable bonds is 8. The fraction of sp³-hybridized carbons (Fsp3) is 0.531. The summed E-state index contributed by atoms with van der Waals surface area (Å²) >= 11 is 0. The van der Waals surface area contributed by atoms with Crippen LogP contribution in [0.4, 0.5) is 0 Å². The van der Waals surface area contributed by atoms with Gasteiger partial charge in [-0.1, -0.05) is 79.9 Å². The van der Waals surface area contributed by atoms with Crippen LogP contribution < -0.4 is 10.6 Å². The van der Waals surface area contributed by atoms with Gasteiger partial charge in [-0.2, -0.15) is 0 Å². The van der Waals surface area contributed by atoms with Crippen molar-refractivity contribution >= 4 is 17.7 Å². The summed E-state index contributed by atoms with van der Waals surface area (Å²) in [5.74, 6) is -2.31. The minimum absolute atomic E-state index is 0.0529. The molecule has 0 radical (unpaired) electrons. The van der Waals surface area contributed by atoms with E-state index < -0.39 is 35.1 Å². The lowest BCUT2D eigenvalue weighted by Gasteiger charge is -2.38. The highest BCUT2D eigenvalue weighted by atomic mass is 16.5. The monoisotopic (exact) mass is 545 g/mol. The third-order valence-electron chi connectivity index (χ3n) is 9.70. The second-order valence-corrected chi connectivity index (χ2v) is 12.1. The summed E-state index contributed by atoms with van der Waals surface area (Å²) in [6.07, 6.45) is 6.20. The number of hydrogen-bond acceptors (Lipinski definition) is 5. The molecule has 1 spiro atoms. The van der Waals surface area contributed by atoms with Crippen molar-refractivity contribution in [2.45, 2.75) is 87.7 Å². The molecular formula is C32H39N3O5. The fourth-order valence-electron chi connectivity index (χ4n) is 7.85. The van der Waals surface area contributed by atoms with Crippen LogP contribution in [0.3, 0.4) is 0 Å². The molecule has 2 aromatic carbocycles. The summed E-state index contributed by atoms with van der Waals surface area (Å²) in [6.45, 7) is 1.91. The van der Waals surface area contributed by atoms with E-state index in [0.29, 0.717) is 19.4 Å². The van der Waals surface area contributed by atoms with E-state index in [1.54, 1.807) is 4.90 Å². The predicted molar refractivity (Wildman–Crippen MR) is 149 cm³/mol. The number of nitrogens with one attached hydrogen (secondary N) is 2. The van der Waals surface area contributed by atoms with Gasteiger partial charge in [0.2, 0.25) is 17.7 Å². The van der Waals surface area contributed by atoms with Crippen molar-refractivity contribution in [1.29, 1.82) is 0 Å². The number of likely N-dealkylation sites (tertiary alicyclic amines) is 1. The highest BCUT2D eigenvalue weighted by Gasteiger charge is 2.78. The lowest BCUT2D eigenvalue weighted by Crippen LogP contribution is -2.57. The molecule has 3 amide bonds. The van der Waals surface area contributed by atoms with Crippen molar-refractivity contribution in [2.75, 3.05) is 6.61 Å². The molecular weight excluding hydrogens is 506 g/mol. The zero-order valence-electron chi connectivity index (χ0n) is 23.1. The molecule has 3 heterocycles. The maximum Gasteiger partial charge on any atom is 0.246 e. The standard InChI is InChI=1S/C32H39N3O5/c1-31-17-18-32(40-31)26(25(31)28(37)33-19-21-11-5-2-6-12-21)30(39)35(24(20-36)22-13-7-3-8-14-22)27(32)29(38)34-23-15-9-4-10-16-23/h2-3,5-8,11-14,23-27,36H,4,9-10,15-20H2,1H3,(H,33,37)(H,34,38)/t24-,25-,26+,27?,31+,32?/m1/s1. The van der Waals surface area contributed by atoms with Crippen LogP contribution in [-0.4, -0.2) is 57.6 Å². The molecule has 8 nitrogen and oxygen atoms in total. The molecule has 212 valence electrons. The Morgan fingerprint density at radius 3 is 2.35 bits per heavy atom. The molecule has 0 aromatic heterocycles. The molecule has 2 unspecified atom stereocenters. The maximum atomic E-state index is 14.5. The quantitative estimate of drug-likeness (QED) is 0.472. The first kappa shape index (κ1) is 27.0. The van der Waals surface area contributed by atoms with Crippen molar-refractivity contribution < 1.29 is 24.2 Å². The van der Waals surface area contributed by atoms with Gasteiger partial charge in [-0.3, -0.25) is 14.4 Å². The number of ether oxygens (including phenoxy) is 1. The van der Waals surface area contributed by atoms with Crippen molar-refractivity contribution in [3.63, 3.8) is 0 Å². The summed E-state index contributed by atoms with van der Waals surface area (Å²) < 4.78 is 6.75. The Hall–Kier alpha value is -3.23. The number of carbonyl (C=O) groups is 3. The highest BCUT2D eigenvalue weighted by Crippen LogP contribution is 2.64. The first-order valence-corrected chi connectivity index (χ1v) is 14.7. The Morgan fingerprint density at radius 2 is 1.68 bits per heavy atom. The Morgan fingerprint density at radius 1 is 1.00 bits per heavy atom. The number of aliphatic hydroxyl groups excluding tert-OH is 1. The molecule has 8 heteroatoms. The minimum atomic E-state index is -1.12. The van der Waals surface area contributed by atoms with E-state index >= 15 is 0 Å². The summed E-state index contributed by atoms with van der Waals surface area (Å²) in [4.78, 5) is 44.0. The number of nitrogens with zero attached hydrogens (tertiary/aromatic N) is 1. The maximum absolute atomic E-state index is 14.5. The van der Waals surface area contributed by atoms with Crippen LogP contribution in [0.15, 0.2) is 60.7 Å². The van der Waals surface area contributed by atoms with E-state index in [4.69, 9.17) is 4.74 Å². The van der Waals surface area contributed by atoms with Gasteiger partial charge in [0.15, 0.2) is 0 Å². The smallest absolute Gasteiger partial charge is 0.246 e. The summed E-state index contributed by atoms with van der Waals surface area (Å²) in [5, 5.41) is 16.9. The van der Waals surface area contributed by atoms with Crippen LogP contribution in [-0.2, 0) is 25.7 Å². The van der Waals surface area contributed by atoms with Crippen LogP contribution in [0.1, 0.15) is 69.0 Å². The van der Waals surface area contributed by atoms with Crippen molar-refractivity contribution in [2.24, 2.45) is 11.8 Å². The molecule has 3 aliphatic heterocycles. The molecule has 40 heavy (non-hydrogen) atoms. The lowest BCUT2D eigenvalue weighted by molar-refractivity contribution is -0.150. The molecule has 4 aliphatic rings. The molecule has 3 saturated heterocycles. The normalized spacial score (nSPS) is 32.1. The van der Waals surface area contributed by atoms with E-state index in [-0.39, 0.29) is 30.4 Å². The fourth-order valence-corrected chi connectivity index (χ4v) is 7.85. The van der Waals surface area contributed by atoms with E-state index in [0.717, 1.165) is 43.2 Å². The van der Waals surface area contributed by atoms with Crippen molar-refractivity contribution in [3.8, 4) is 0 Å². The van der Waals surface area contributed by atoms with Gasteiger partial charge in [-0.25, -0.2) is 0 Å². The topological polar surface area (TPSA) is 108 Å². The number of benzene rings is 2. The average Bonchev–Trinajstić information content (AvgIpc) is 3.55. The number of amides is 3. The van der Waals surface area contributed by atoms with Crippen molar-refractivity contribution in [3.05, 3.63) is 71.8 Å². The van der Waals surface area contributed by atoms with E-state index in [1.165, 1.54) is 0 Å². The molecule has 2 bridgehead atoms. The molecule has 3 N–H and O–H groups in total. The Balaban J connectivity index is 1.36. The van der Waals surface area contributed by atoms with E-state index in [2.05, 4.69) is 10.6 Å². The van der Waals surface area contributed by atoms with Gasteiger partial charge in [0.05, 0.1) is 30.1 Å². The highest BCUT2D eigenvalue weighted by molar-refractivity contribution is 5.99. The van der Waals surface area contributed by atoms with Gasteiger partial charge in [0.1, 0.15) is 11.6 Å². The Labute approximate surface area is 235 Å². The summed E-state index contributed by atoms with van der Waals surface area (Å²) in [6, 6.07) is 17.4. The molecule has 6 rings (SSSR count). The first-order chi connectivity index (χ1) is 19.4. The van der Waals surface area contributed by atoms with Crippen molar-refractivity contribution in [1.82, 2.24) is 15.5 Å². The number of carbonyl (C=O) groups excluding carboxylic acids is 3. The summed E-state index contributed by atoms with van der Waals surface area (Å²) in [5.41, 5.74) is -0.260. The second kappa shape index (κ2) is 10.6. The van der Waals surface area contributed by atoms with Crippen LogP contribution >= 0.6 is 0 Å². The van der Waals surface area contributed by atoms with Gasteiger partial charge in [0.25, 0.3) is 0 Å². The Bertz CT molecular complexity index is 1250. The van der Waals surface area contributed by atoms with Crippen LogP contribution in [0.5, 0.6) is 0 Å². The van der Waals surface area contributed by atoms with Crippen LogP contribution in [0.25, 0.3) is 0 Å². The second-order valence-electron chi connectivity index (χ2n) is 12.1. The third-order valence-corrected chi connectivity index (χ3v) is 9.70. The summed E-state index contributed by atoms with van der Waals surface area (Å²) in [7, 11) is 0. The zero-order chi connectivity index (χ0) is 27.9. The third kappa shape index (κ3) is 4.41. The minimum Gasteiger partial charge on any atom is -0.394 e. The van der Waals surface area contributed by atoms with Gasteiger partial charge in [0, 0.05) is 12.6 Å². The Kier molecular flexibility index (Phi) is 7.17. The molecule has 1 saturated carbocycles. The molecule has 2 aromatic rings. The number of fused-ring (bicyclic) bond motifs is 1. The average molecular weight is 546 g/mol. The molecule has 6 atom stereocenters. The van der Waals surface area contributed by atoms with E-state index in [9.17, 15) is 19.5 Å². The largest absolute Gasteiger partial charge is 0.394 e. The first-order valence-electron chi connectivity index (χ1n) is 14.7. The zero-order valence-corrected chi connectivity index (χ0v) is 23.1. The van der Waals surface area contributed by atoms with Gasteiger partial charge in [-0.05, 0) is 43.7 Å².